The van der Waals surface area contributed by atoms with Gasteiger partial charge in [0.05, 0.1) is 5.52 Å². The SMILES string of the molecule is NC(=O)C(NC(=O)c1ccc2ccccc2n1)C1CCCC1. The second kappa shape index (κ2) is 6.13. The summed E-state index contributed by atoms with van der Waals surface area (Å²) >= 11 is 0. The Morgan fingerprint density at radius 3 is 2.59 bits per heavy atom. The van der Waals surface area contributed by atoms with Gasteiger partial charge in [0.15, 0.2) is 0 Å². The van der Waals surface area contributed by atoms with Crippen molar-refractivity contribution in [2.45, 2.75) is 31.7 Å². The highest BCUT2D eigenvalue weighted by atomic mass is 16.2. The van der Waals surface area contributed by atoms with E-state index < -0.39 is 11.9 Å². The average molecular weight is 297 g/mol. The van der Waals surface area contributed by atoms with Crippen LogP contribution < -0.4 is 11.1 Å². The molecular weight excluding hydrogens is 278 g/mol. The van der Waals surface area contributed by atoms with Crippen LogP contribution in [0.15, 0.2) is 36.4 Å². The lowest BCUT2D eigenvalue weighted by molar-refractivity contribution is -0.121. The van der Waals surface area contributed by atoms with Gasteiger partial charge in [-0.25, -0.2) is 4.98 Å². The molecule has 5 heteroatoms. The van der Waals surface area contributed by atoms with E-state index in [2.05, 4.69) is 10.3 Å². The number of benzene rings is 1. The molecular formula is C17H19N3O2. The lowest BCUT2D eigenvalue weighted by Crippen LogP contribution is -2.48. The van der Waals surface area contributed by atoms with Crippen LogP contribution >= 0.6 is 0 Å². The third-order valence-electron chi connectivity index (χ3n) is 4.30. The lowest BCUT2D eigenvalue weighted by atomic mass is 9.97. The van der Waals surface area contributed by atoms with Crippen LogP contribution in [0, 0.1) is 5.92 Å². The molecule has 1 heterocycles. The van der Waals surface area contributed by atoms with Gasteiger partial charge >= 0.3 is 0 Å². The number of hydrogen-bond acceptors (Lipinski definition) is 3. The van der Waals surface area contributed by atoms with Gasteiger partial charge in [0.25, 0.3) is 5.91 Å². The number of aromatic nitrogens is 1. The summed E-state index contributed by atoms with van der Waals surface area (Å²) in [6.07, 6.45) is 4.02. The Bertz CT molecular complexity index is 708. The van der Waals surface area contributed by atoms with Crippen molar-refractivity contribution in [1.29, 1.82) is 0 Å². The van der Waals surface area contributed by atoms with Crippen LogP contribution in [0.2, 0.25) is 0 Å². The van der Waals surface area contributed by atoms with Gasteiger partial charge in [-0.05, 0) is 30.9 Å². The van der Waals surface area contributed by atoms with E-state index in [4.69, 9.17) is 5.73 Å². The highest BCUT2D eigenvalue weighted by Crippen LogP contribution is 2.27. The number of carbonyl (C=O) groups is 2. The zero-order chi connectivity index (χ0) is 15.5. The molecule has 0 spiro atoms. The number of amides is 2. The predicted molar refractivity (Wildman–Crippen MR) is 84.1 cm³/mol. The first-order chi connectivity index (χ1) is 10.6. The molecule has 1 aromatic carbocycles. The summed E-state index contributed by atoms with van der Waals surface area (Å²) in [4.78, 5) is 28.4. The summed E-state index contributed by atoms with van der Waals surface area (Å²) < 4.78 is 0. The predicted octanol–water partition coefficient (Wildman–Crippen LogP) is 2.01. The van der Waals surface area contributed by atoms with Gasteiger partial charge in [-0.3, -0.25) is 9.59 Å². The Morgan fingerprint density at radius 2 is 1.86 bits per heavy atom. The minimum Gasteiger partial charge on any atom is -0.368 e. The van der Waals surface area contributed by atoms with Gasteiger partial charge in [-0.1, -0.05) is 37.1 Å². The zero-order valence-electron chi connectivity index (χ0n) is 12.3. The standard InChI is InChI=1S/C17H19N3O2/c18-16(21)15(12-6-1-2-7-12)20-17(22)14-10-9-11-5-3-4-8-13(11)19-14/h3-5,8-10,12,15H,1-2,6-7H2,(H2,18,21)(H,20,22). The van der Waals surface area contributed by atoms with Gasteiger partial charge in [0.2, 0.25) is 5.91 Å². The van der Waals surface area contributed by atoms with E-state index in [9.17, 15) is 9.59 Å². The lowest BCUT2D eigenvalue weighted by Gasteiger charge is -2.21. The number of nitrogens with zero attached hydrogens (tertiary/aromatic N) is 1. The fourth-order valence-electron chi connectivity index (χ4n) is 3.12. The van der Waals surface area contributed by atoms with Crippen LogP contribution in [0.3, 0.4) is 0 Å². The fourth-order valence-corrected chi connectivity index (χ4v) is 3.12. The Labute approximate surface area is 128 Å². The van der Waals surface area contributed by atoms with Crippen molar-refractivity contribution in [2.24, 2.45) is 11.7 Å². The van der Waals surface area contributed by atoms with Crippen LogP contribution in [-0.2, 0) is 4.79 Å². The molecule has 1 unspecified atom stereocenters. The molecule has 2 aromatic rings. The topological polar surface area (TPSA) is 85.1 Å². The number of fused-ring (bicyclic) bond motifs is 1. The zero-order valence-corrected chi connectivity index (χ0v) is 12.3. The second-order valence-corrected chi connectivity index (χ2v) is 5.79. The molecule has 1 aromatic heterocycles. The molecule has 0 radical (unpaired) electrons. The van der Waals surface area contributed by atoms with Crippen LogP contribution in [0.1, 0.15) is 36.2 Å². The summed E-state index contributed by atoms with van der Waals surface area (Å²) in [5.74, 6) is -0.676. The molecule has 1 fully saturated rings. The molecule has 1 atom stereocenters. The monoisotopic (exact) mass is 297 g/mol. The Morgan fingerprint density at radius 1 is 1.14 bits per heavy atom. The minimum atomic E-state index is -0.608. The molecule has 1 aliphatic rings. The summed E-state index contributed by atoms with van der Waals surface area (Å²) in [5, 5.41) is 3.74. The second-order valence-electron chi connectivity index (χ2n) is 5.79. The molecule has 22 heavy (non-hydrogen) atoms. The smallest absolute Gasteiger partial charge is 0.270 e. The van der Waals surface area contributed by atoms with E-state index in [1.54, 1.807) is 6.07 Å². The molecule has 1 aliphatic carbocycles. The number of hydrogen-bond donors (Lipinski definition) is 2. The van der Waals surface area contributed by atoms with E-state index in [0.717, 1.165) is 36.6 Å². The van der Waals surface area contributed by atoms with Crippen molar-refractivity contribution >= 4 is 22.7 Å². The van der Waals surface area contributed by atoms with Crippen LogP contribution in [0.5, 0.6) is 0 Å². The maximum atomic E-state index is 12.4. The Kier molecular flexibility index (Phi) is 4.04. The molecule has 5 nitrogen and oxygen atoms in total. The molecule has 1 saturated carbocycles. The normalized spacial score (nSPS) is 16.5. The van der Waals surface area contributed by atoms with E-state index in [1.165, 1.54) is 0 Å². The summed E-state index contributed by atoms with van der Waals surface area (Å²) in [5.41, 5.74) is 6.52. The van der Waals surface area contributed by atoms with Gasteiger partial charge in [-0.2, -0.15) is 0 Å². The fraction of sp³-hybridized carbons (Fsp3) is 0.353. The van der Waals surface area contributed by atoms with Crippen LogP contribution in [0.4, 0.5) is 0 Å². The average Bonchev–Trinajstić information content (AvgIpc) is 3.05. The van der Waals surface area contributed by atoms with Crippen molar-refractivity contribution in [2.75, 3.05) is 0 Å². The highest BCUT2D eigenvalue weighted by Gasteiger charge is 2.30. The minimum absolute atomic E-state index is 0.141. The molecule has 0 bridgehead atoms. The maximum Gasteiger partial charge on any atom is 0.270 e. The van der Waals surface area contributed by atoms with Crippen LogP contribution in [0.25, 0.3) is 10.9 Å². The third kappa shape index (κ3) is 2.93. The third-order valence-corrected chi connectivity index (χ3v) is 4.30. The molecule has 114 valence electrons. The number of nitrogens with two attached hydrogens (primary N) is 1. The number of nitrogens with one attached hydrogen (secondary N) is 1. The van der Waals surface area contributed by atoms with Gasteiger partial charge in [0.1, 0.15) is 11.7 Å². The Balaban J connectivity index is 1.80. The molecule has 3 rings (SSSR count). The molecule has 2 amide bonds. The van der Waals surface area contributed by atoms with Gasteiger partial charge in [0, 0.05) is 5.39 Å². The first kappa shape index (κ1) is 14.5. The van der Waals surface area contributed by atoms with E-state index in [-0.39, 0.29) is 11.8 Å². The highest BCUT2D eigenvalue weighted by molar-refractivity contribution is 5.97. The van der Waals surface area contributed by atoms with Crippen molar-refractivity contribution in [3.05, 3.63) is 42.1 Å². The number of para-hydroxylation sites is 1. The van der Waals surface area contributed by atoms with E-state index in [1.807, 2.05) is 30.3 Å². The molecule has 3 N–H and O–H groups in total. The molecule has 0 saturated heterocycles. The molecule has 0 aliphatic heterocycles. The van der Waals surface area contributed by atoms with Crippen molar-refractivity contribution in [3.63, 3.8) is 0 Å². The first-order valence-corrected chi connectivity index (χ1v) is 7.61. The number of rotatable bonds is 4. The maximum absolute atomic E-state index is 12.4. The van der Waals surface area contributed by atoms with Crippen molar-refractivity contribution in [1.82, 2.24) is 10.3 Å². The van der Waals surface area contributed by atoms with E-state index >= 15 is 0 Å². The van der Waals surface area contributed by atoms with Crippen molar-refractivity contribution < 1.29 is 9.59 Å². The summed E-state index contributed by atoms with van der Waals surface area (Å²) in [6.45, 7) is 0. The number of carbonyl (C=O) groups excluding carboxylic acids is 2. The van der Waals surface area contributed by atoms with Crippen LogP contribution in [-0.4, -0.2) is 22.8 Å². The van der Waals surface area contributed by atoms with Gasteiger partial charge < -0.3 is 11.1 Å². The first-order valence-electron chi connectivity index (χ1n) is 7.61. The largest absolute Gasteiger partial charge is 0.368 e. The summed E-state index contributed by atoms with van der Waals surface area (Å²) in [6, 6.07) is 10.5. The Hall–Kier alpha value is -2.43. The summed E-state index contributed by atoms with van der Waals surface area (Å²) in [7, 11) is 0. The van der Waals surface area contributed by atoms with Crippen molar-refractivity contribution in [3.8, 4) is 0 Å². The number of primary amides is 1. The van der Waals surface area contributed by atoms with E-state index in [0.29, 0.717) is 5.69 Å². The van der Waals surface area contributed by atoms with Gasteiger partial charge in [-0.15, -0.1) is 0 Å². The quantitative estimate of drug-likeness (QED) is 0.905. The number of pyridine rings is 1.